The zero-order valence-electron chi connectivity index (χ0n) is 21.2. The van der Waals surface area contributed by atoms with Crippen LogP contribution in [0.1, 0.15) is 46.0 Å². The maximum Gasteiger partial charge on any atom is 0.190 e. The van der Waals surface area contributed by atoms with Crippen LogP contribution in [0.2, 0.25) is 0 Å². The number of hydrogen-bond acceptors (Lipinski definition) is 10. The van der Waals surface area contributed by atoms with Crippen molar-refractivity contribution in [1.29, 1.82) is 0 Å². The highest BCUT2D eigenvalue weighted by Crippen LogP contribution is 2.67. The molecule has 0 spiro atoms. The molecule has 5 rings (SSSR count). The lowest BCUT2D eigenvalue weighted by Crippen LogP contribution is -2.62. The Morgan fingerprint density at radius 3 is 2.57 bits per heavy atom. The summed E-state index contributed by atoms with van der Waals surface area (Å²) in [7, 11) is 0. The molecule has 10 heteroatoms. The van der Waals surface area contributed by atoms with Crippen LogP contribution in [0.5, 0.6) is 0 Å². The number of allylic oxidation sites excluding steroid dienone is 4. The number of ether oxygens (including phenoxy) is 2. The van der Waals surface area contributed by atoms with E-state index in [0.717, 1.165) is 18.4 Å². The minimum Gasteiger partial charge on any atom is -0.394 e. The number of carbonyl (C=O) groups excluding carboxylic acids is 2. The Balaban J connectivity index is 1.34. The fraction of sp³-hybridized carbons (Fsp3) is 0.778. The molecule has 0 aromatic heterocycles. The Morgan fingerprint density at radius 1 is 1.14 bits per heavy atom. The van der Waals surface area contributed by atoms with Gasteiger partial charge in [-0.2, -0.15) is 0 Å². The highest BCUT2D eigenvalue weighted by molar-refractivity contribution is 6.01. The second kappa shape index (κ2) is 9.31. The predicted molar refractivity (Wildman–Crippen MR) is 128 cm³/mol. The van der Waals surface area contributed by atoms with Gasteiger partial charge in [-0.3, -0.25) is 9.59 Å². The Hall–Kier alpha value is -1.50. The van der Waals surface area contributed by atoms with Gasteiger partial charge in [0.15, 0.2) is 17.9 Å². The molecular weight excluding hydrogens is 484 g/mol. The minimum atomic E-state index is -1.77. The normalized spacial score (nSPS) is 51.2. The Labute approximate surface area is 215 Å². The largest absolute Gasteiger partial charge is 0.394 e. The summed E-state index contributed by atoms with van der Waals surface area (Å²) in [5, 5.41) is 62.8. The number of rotatable bonds is 5. The van der Waals surface area contributed by atoms with Crippen molar-refractivity contribution in [2.45, 2.75) is 88.4 Å². The van der Waals surface area contributed by atoms with Crippen molar-refractivity contribution in [2.75, 3.05) is 13.2 Å². The minimum absolute atomic E-state index is 0.0217. The molecule has 5 aliphatic rings. The van der Waals surface area contributed by atoms with E-state index in [9.17, 15) is 40.2 Å². The first-order chi connectivity index (χ1) is 17.4. The maximum atomic E-state index is 13.5. The maximum absolute atomic E-state index is 13.5. The number of Topliss-reactive ketones (excluding diaryl/α,β-unsaturated/α-hetero) is 1. The molecule has 4 aliphatic carbocycles. The zero-order chi connectivity index (χ0) is 26.9. The Bertz CT molecular complexity index is 1010. The fourth-order valence-electron chi connectivity index (χ4n) is 8.27. The molecule has 206 valence electrons. The van der Waals surface area contributed by atoms with Crippen LogP contribution in [0.3, 0.4) is 0 Å². The molecule has 4 fully saturated rings. The molecule has 12 atom stereocenters. The van der Waals surface area contributed by atoms with Crippen molar-refractivity contribution < 1.29 is 49.7 Å². The van der Waals surface area contributed by atoms with Gasteiger partial charge in [0.2, 0.25) is 0 Å². The molecule has 37 heavy (non-hydrogen) atoms. The average molecular weight is 523 g/mol. The van der Waals surface area contributed by atoms with Crippen molar-refractivity contribution in [1.82, 2.24) is 0 Å². The van der Waals surface area contributed by atoms with Crippen LogP contribution in [-0.2, 0) is 19.1 Å². The van der Waals surface area contributed by atoms with Gasteiger partial charge >= 0.3 is 0 Å². The molecule has 0 amide bonds. The molecule has 1 saturated heterocycles. The molecule has 0 unspecified atom stereocenters. The van der Waals surface area contributed by atoms with E-state index in [4.69, 9.17) is 9.47 Å². The summed E-state index contributed by atoms with van der Waals surface area (Å²) >= 11 is 0. The van der Waals surface area contributed by atoms with Crippen LogP contribution in [0.4, 0.5) is 0 Å². The van der Waals surface area contributed by atoms with E-state index in [1.54, 1.807) is 12.2 Å². The summed E-state index contributed by atoms with van der Waals surface area (Å²) < 4.78 is 10.8. The van der Waals surface area contributed by atoms with Crippen LogP contribution in [0.15, 0.2) is 23.8 Å². The molecule has 10 nitrogen and oxygen atoms in total. The fourth-order valence-corrected chi connectivity index (χ4v) is 8.27. The summed E-state index contributed by atoms with van der Waals surface area (Å²) in [4.78, 5) is 25.4. The third-order valence-electron chi connectivity index (χ3n) is 10.3. The van der Waals surface area contributed by atoms with E-state index in [2.05, 4.69) is 6.92 Å². The van der Waals surface area contributed by atoms with E-state index in [1.165, 1.54) is 0 Å². The van der Waals surface area contributed by atoms with Gasteiger partial charge in [0, 0.05) is 16.7 Å². The number of fused-ring (bicyclic) bond motifs is 5. The summed E-state index contributed by atoms with van der Waals surface area (Å²) in [5.74, 6) is -0.738. The first kappa shape index (κ1) is 27.1. The smallest absolute Gasteiger partial charge is 0.190 e. The molecule has 6 N–H and O–H groups in total. The van der Waals surface area contributed by atoms with Crippen molar-refractivity contribution in [2.24, 2.45) is 28.6 Å². The van der Waals surface area contributed by atoms with Crippen molar-refractivity contribution in [3.63, 3.8) is 0 Å². The van der Waals surface area contributed by atoms with Crippen molar-refractivity contribution >= 4 is 11.6 Å². The lowest BCUT2D eigenvalue weighted by Gasteiger charge is -2.59. The summed E-state index contributed by atoms with van der Waals surface area (Å²) in [6.45, 7) is 2.68. The van der Waals surface area contributed by atoms with Gasteiger partial charge < -0.3 is 40.1 Å². The Morgan fingerprint density at radius 2 is 1.86 bits per heavy atom. The number of ketones is 2. The third kappa shape index (κ3) is 3.91. The van der Waals surface area contributed by atoms with Crippen LogP contribution < -0.4 is 0 Å². The van der Waals surface area contributed by atoms with Crippen LogP contribution in [0.25, 0.3) is 0 Å². The first-order valence-electron chi connectivity index (χ1n) is 13.2. The molecule has 0 aromatic carbocycles. The van der Waals surface area contributed by atoms with Gasteiger partial charge in [0.1, 0.15) is 36.6 Å². The van der Waals surface area contributed by atoms with Gasteiger partial charge in [-0.1, -0.05) is 25.5 Å². The Kier molecular flexibility index (Phi) is 6.81. The standard InChI is InChI=1S/C27H38O10/c1-25-7-5-14(29)9-13(25)3-4-15-16-6-8-27(35,26(16,2)10-17(30)20(15)25)19(31)12-36-24-23(34)22(33)21(32)18(11-28)37-24/h5,7,9,15-18,20-24,28,30,32-35H,3-4,6,8,10-12H2,1-2H3/t15-,16+,17+,18-,20+,21-,22+,23-,24-,25+,26+,27-/m1/s1. The van der Waals surface area contributed by atoms with Gasteiger partial charge in [0.05, 0.1) is 12.7 Å². The molecule has 0 bridgehead atoms. The van der Waals surface area contributed by atoms with E-state index in [-0.39, 0.29) is 36.4 Å². The van der Waals surface area contributed by atoms with Crippen molar-refractivity contribution in [3.8, 4) is 0 Å². The molecule has 3 saturated carbocycles. The zero-order valence-corrected chi connectivity index (χ0v) is 21.2. The number of hydrogen-bond donors (Lipinski definition) is 6. The molecular formula is C27H38O10. The van der Waals surface area contributed by atoms with Gasteiger partial charge in [-0.15, -0.1) is 0 Å². The van der Waals surface area contributed by atoms with Gasteiger partial charge in [0.25, 0.3) is 0 Å². The quantitative estimate of drug-likeness (QED) is 0.273. The van der Waals surface area contributed by atoms with E-state index in [1.807, 2.05) is 13.0 Å². The lowest BCUT2D eigenvalue weighted by atomic mass is 9.46. The third-order valence-corrected chi connectivity index (χ3v) is 10.3. The number of aliphatic hydroxyl groups is 6. The summed E-state index contributed by atoms with van der Waals surface area (Å²) in [6.07, 6.45) is -0.603. The number of carbonyl (C=O) groups is 2. The lowest BCUT2D eigenvalue weighted by molar-refractivity contribution is -0.300. The highest BCUT2D eigenvalue weighted by atomic mass is 16.7. The van der Waals surface area contributed by atoms with Crippen LogP contribution in [0, 0.1) is 28.6 Å². The summed E-state index contributed by atoms with van der Waals surface area (Å²) in [6, 6.07) is 0. The molecule has 1 aliphatic heterocycles. The van der Waals surface area contributed by atoms with Crippen molar-refractivity contribution in [3.05, 3.63) is 23.8 Å². The van der Waals surface area contributed by atoms with Gasteiger partial charge in [-0.05, 0) is 56.1 Å². The van der Waals surface area contributed by atoms with E-state index >= 15 is 0 Å². The van der Waals surface area contributed by atoms with Crippen LogP contribution in [-0.4, -0.2) is 97.8 Å². The second-order valence-electron chi connectivity index (χ2n) is 12.0. The topological polar surface area (TPSA) is 174 Å². The molecule has 1 heterocycles. The monoisotopic (exact) mass is 522 g/mol. The van der Waals surface area contributed by atoms with E-state index in [0.29, 0.717) is 6.42 Å². The van der Waals surface area contributed by atoms with Crippen LogP contribution >= 0.6 is 0 Å². The first-order valence-corrected chi connectivity index (χ1v) is 13.2. The second-order valence-corrected chi connectivity index (χ2v) is 12.0. The number of aliphatic hydroxyl groups excluding tert-OH is 5. The average Bonchev–Trinajstić information content (AvgIpc) is 3.13. The SMILES string of the molecule is C[C@]12C=CC(=O)C=C1CC[C@H]1[C@H]2[C@@H](O)C[C@@]2(C)[C@H]1CC[C@@]2(O)C(=O)CO[C@@H]1O[C@H](CO)[C@@H](O)[C@H](O)[C@H]1O. The molecule has 0 aromatic rings. The van der Waals surface area contributed by atoms with Gasteiger partial charge in [-0.25, -0.2) is 0 Å². The van der Waals surface area contributed by atoms with E-state index < -0.39 is 72.2 Å². The predicted octanol–water partition coefficient (Wildman–Crippen LogP) is -0.618. The highest BCUT2D eigenvalue weighted by Gasteiger charge is 2.68. The molecule has 0 radical (unpaired) electrons. The summed E-state index contributed by atoms with van der Waals surface area (Å²) in [5.41, 5.74) is -2.10.